The fourth-order valence-electron chi connectivity index (χ4n) is 3.46. The third-order valence-corrected chi connectivity index (χ3v) is 5.43. The van der Waals surface area contributed by atoms with Gasteiger partial charge in [0.1, 0.15) is 11.2 Å². The molecule has 2 fully saturated rings. The highest BCUT2D eigenvalue weighted by Crippen LogP contribution is 2.25. The standard InChI is InChI=1S/C16H24FN3O2S/c1-19(16(21)12-3-2-5-22-11-12)9-14-7-13(17)8-20(14)10-15-18-4-6-23-15/h4,6,12-14H,2-3,5,7-11H2,1H3/t12-,13+,14+/m1/s1. The number of carbonyl (C=O) groups is 1. The number of carbonyl (C=O) groups excluding carboxylic acids is 1. The Morgan fingerprint density at radius 2 is 2.48 bits per heavy atom. The molecule has 1 aromatic heterocycles. The van der Waals surface area contributed by atoms with E-state index < -0.39 is 6.17 Å². The molecule has 3 heterocycles. The highest BCUT2D eigenvalue weighted by atomic mass is 32.1. The SMILES string of the molecule is CN(C[C@@H]1C[C@H](F)CN1Cc1nccs1)C(=O)[C@@H]1CCCOC1. The molecule has 5 nitrogen and oxygen atoms in total. The molecule has 23 heavy (non-hydrogen) atoms. The van der Waals surface area contributed by atoms with Crippen LogP contribution in [-0.2, 0) is 16.1 Å². The van der Waals surface area contributed by atoms with Gasteiger partial charge in [0, 0.05) is 44.4 Å². The molecule has 7 heteroatoms. The second kappa shape index (κ2) is 7.68. The number of aromatic nitrogens is 1. The van der Waals surface area contributed by atoms with Crippen LogP contribution in [0.4, 0.5) is 4.39 Å². The molecule has 1 amide bonds. The molecule has 0 spiro atoms. The molecule has 3 atom stereocenters. The number of amides is 1. The average Bonchev–Trinajstić information content (AvgIpc) is 3.18. The van der Waals surface area contributed by atoms with Crippen LogP contribution in [0.15, 0.2) is 11.6 Å². The van der Waals surface area contributed by atoms with Crippen LogP contribution in [0.5, 0.6) is 0 Å². The second-order valence-corrected chi connectivity index (χ2v) is 7.45. The molecule has 0 aromatic carbocycles. The summed E-state index contributed by atoms with van der Waals surface area (Å²) in [6.07, 6.45) is 3.28. The Morgan fingerprint density at radius 1 is 1.61 bits per heavy atom. The predicted molar refractivity (Wildman–Crippen MR) is 87.0 cm³/mol. The van der Waals surface area contributed by atoms with Crippen molar-refractivity contribution in [1.29, 1.82) is 0 Å². The number of likely N-dealkylation sites (N-methyl/N-ethyl adjacent to an activating group) is 1. The van der Waals surface area contributed by atoms with Crippen LogP contribution in [0.1, 0.15) is 24.3 Å². The number of hydrogen-bond donors (Lipinski definition) is 0. The van der Waals surface area contributed by atoms with Crippen molar-refractivity contribution >= 4 is 17.2 Å². The van der Waals surface area contributed by atoms with E-state index in [0.29, 0.717) is 32.7 Å². The molecule has 2 aliphatic heterocycles. The number of halogens is 1. The van der Waals surface area contributed by atoms with Gasteiger partial charge < -0.3 is 9.64 Å². The van der Waals surface area contributed by atoms with Crippen molar-refractivity contribution in [2.24, 2.45) is 5.92 Å². The minimum Gasteiger partial charge on any atom is -0.381 e. The Hall–Kier alpha value is -1.05. The van der Waals surface area contributed by atoms with Crippen molar-refractivity contribution in [2.45, 2.75) is 38.0 Å². The fraction of sp³-hybridized carbons (Fsp3) is 0.750. The van der Waals surface area contributed by atoms with Crippen molar-refractivity contribution in [3.05, 3.63) is 16.6 Å². The van der Waals surface area contributed by atoms with Crippen molar-refractivity contribution in [2.75, 3.05) is 33.4 Å². The zero-order valence-corrected chi connectivity index (χ0v) is 14.3. The molecular weight excluding hydrogens is 317 g/mol. The molecule has 0 radical (unpaired) electrons. The molecule has 1 aromatic rings. The predicted octanol–water partition coefficient (Wildman–Crippen LogP) is 1.94. The van der Waals surface area contributed by atoms with E-state index in [-0.39, 0.29) is 17.9 Å². The second-order valence-electron chi connectivity index (χ2n) is 6.47. The first-order valence-corrected chi connectivity index (χ1v) is 9.10. The van der Waals surface area contributed by atoms with Crippen LogP contribution in [-0.4, -0.2) is 66.3 Å². The maximum absolute atomic E-state index is 13.9. The van der Waals surface area contributed by atoms with Gasteiger partial charge in [0.25, 0.3) is 0 Å². The van der Waals surface area contributed by atoms with Gasteiger partial charge in [-0.1, -0.05) is 0 Å². The maximum atomic E-state index is 13.9. The zero-order chi connectivity index (χ0) is 16.2. The third-order valence-electron chi connectivity index (χ3n) is 4.67. The lowest BCUT2D eigenvalue weighted by Gasteiger charge is -2.31. The van der Waals surface area contributed by atoms with Crippen molar-refractivity contribution in [3.8, 4) is 0 Å². The summed E-state index contributed by atoms with van der Waals surface area (Å²) >= 11 is 1.59. The van der Waals surface area contributed by atoms with Gasteiger partial charge in [-0.25, -0.2) is 9.37 Å². The Morgan fingerprint density at radius 3 is 3.17 bits per heavy atom. The van der Waals surface area contributed by atoms with Gasteiger partial charge in [-0.3, -0.25) is 9.69 Å². The van der Waals surface area contributed by atoms with E-state index in [0.717, 1.165) is 24.5 Å². The van der Waals surface area contributed by atoms with E-state index in [2.05, 4.69) is 9.88 Å². The van der Waals surface area contributed by atoms with Crippen LogP contribution in [0.25, 0.3) is 0 Å². The monoisotopic (exact) mass is 341 g/mol. The first kappa shape index (κ1) is 16.8. The number of rotatable bonds is 5. The van der Waals surface area contributed by atoms with Gasteiger partial charge in [-0.2, -0.15) is 0 Å². The highest BCUT2D eigenvalue weighted by Gasteiger charge is 2.35. The van der Waals surface area contributed by atoms with Gasteiger partial charge in [0.2, 0.25) is 5.91 Å². The lowest BCUT2D eigenvalue weighted by molar-refractivity contribution is -0.139. The van der Waals surface area contributed by atoms with Crippen molar-refractivity contribution in [3.63, 3.8) is 0 Å². The van der Waals surface area contributed by atoms with Crippen molar-refractivity contribution < 1.29 is 13.9 Å². The van der Waals surface area contributed by atoms with Crippen molar-refractivity contribution in [1.82, 2.24) is 14.8 Å². The molecule has 0 bridgehead atoms. The molecule has 3 rings (SSSR count). The number of hydrogen-bond acceptors (Lipinski definition) is 5. The summed E-state index contributed by atoms with van der Waals surface area (Å²) in [7, 11) is 1.82. The van der Waals surface area contributed by atoms with E-state index in [1.165, 1.54) is 0 Å². The van der Waals surface area contributed by atoms with E-state index in [4.69, 9.17) is 4.74 Å². The molecule has 0 unspecified atom stereocenters. The number of nitrogens with zero attached hydrogens (tertiary/aromatic N) is 3. The maximum Gasteiger partial charge on any atom is 0.227 e. The average molecular weight is 341 g/mol. The van der Waals surface area contributed by atoms with Crippen LogP contribution in [0.2, 0.25) is 0 Å². The minimum absolute atomic E-state index is 0.0382. The molecule has 128 valence electrons. The van der Waals surface area contributed by atoms with Crippen LogP contribution < -0.4 is 0 Å². The van der Waals surface area contributed by atoms with Crippen LogP contribution in [0.3, 0.4) is 0 Å². The normalized spacial score (nSPS) is 28.9. The summed E-state index contributed by atoms with van der Waals surface area (Å²) < 4.78 is 19.3. The quantitative estimate of drug-likeness (QED) is 0.821. The Balaban J connectivity index is 1.56. The molecule has 2 saturated heterocycles. The number of alkyl halides is 1. The summed E-state index contributed by atoms with van der Waals surface area (Å²) in [5.74, 6) is 0.0879. The van der Waals surface area contributed by atoms with Gasteiger partial charge in [-0.15, -0.1) is 11.3 Å². The van der Waals surface area contributed by atoms with Gasteiger partial charge in [0.15, 0.2) is 0 Å². The fourth-order valence-corrected chi connectivity index (χ4v) is 4.10. The molecule has 2 aliphatic rings. The lowest BCUT2D eigenvalue weighted by Crippen LogP contribution is -2.44. The summed E-state index contributed by atoms with van der Waals surface area (Å²) in [4.78, 5) is 20.7. The van der Waals surface area contributed by atoms with Crippen LogP contribution >= 0.6 is 11.3 Å². The molecular formula is C16H24FN3O2S. The van der Waals surface area contributed by atoms with Gasteiger partial charge in [0.05, 0.1) is 19.1 Å². The van der Waals surface area contributed by atoms with Crippen LogP contribution in [0, 0.1) is 5.92 Å². The molecule has 0 saturated carbocycles. The van der Waals surface area contributed by atoms with E-state index in [1.807, 2.05) is 12.4 Å². The number of ether oxygens (including phenoxy) is 1. The number of thiazole rings is 1. The first-order valence-electron chi connectivity index (χ1n) is 8.22. The Kier molecular flexibility index (Phi) is 5.61. The molecule has 0 N–H and O–H groups in total. The molecule has 0 aliphatic carbocycles. The highest BCUT2D eigenvalue weighted by molar-refractivity contribution is 7.09. The van der Waals surface area contributed by atoms with E-state index >= 15 is 0 Å². The Bertz CT molecular complexity index is 507. The van der Waals surface area contributed by atoms with Gasteiger partial charge >= 0.3 is 0 Å². The largest absolute Gasteiger partial charge is 0.381 e. The lowest BCUT2D eigenvalue weighted by atomic mass is 10.0. The van der Waals surface area contributed by atoms with E-state index in [9.17, 15) is 9.18 Å². The summed E-state index contributed by atoms with van der Waals surface area (Å²) in [6, 6.07) is 0.0624. The summed E-state index contributed by atoms with van der Waals surface area (Å²) in [5, 5.41) is 2.94. The summed E-state index contributed by atoms with van der Waals surface area (Å²) in [6.45, 7) is 2.93. The zero-order valence-electron chi connectivity index (χ0n) is 13.5. The topological polar surface area (TPSA) is 45.7 Å². The minimum atomic E-state index is -0.818. The third kappa shape index (κ3) is 4.28. The smallest absolute Gasteiger partial charge is 0.227 e. The van der Waals surface area contributed by atoms with E-state index in [1.54, 1.807) is 22.4 Å². The Labute approximate surface area is 140 Å². The first-order chi connectivity index (χ1) is 11.1. The van der Waals surface area contributed by atoms with Gasteiger partial charge in [-0.05, 0) is 19.3 Å². The summed E-state index contributed by atoms with van der Waals surface area (Å²) in [5.41, 5.74) is 0. The number of likely N-dealkylation sites (tertiary alicyclic amines) is 1.